The lowest BCUT2D eigenvalue weighted by atomic mass is 10.1. The molecule has 128 valence electrons. The maximum atomic E-state index is 12.9. The molecule has 3 rings (SSSR count). The van der Waals surface area contributed by atoms with E-state index in [1.54, 1.807) is 24.3 Å². The first-order valence-corrected chi connectivity index (χ1v) is 7.79. The molecule has 1 heterocycles. The Balaban J connectivity index is 1.63. The number of hydrogen-bond donors (Lipinski definition) is 2. The lowest BCUT2D eigenvalue weighted by molar-refractivity contribution is 0.0939. The van der Waals surface area contributed by atoms with E-state index in [0.717, 1.165) is 0 Å². The van der Waals surface area contributed by atoms with E-state index < -0.39 is 17.6 Å². The summed E-state index contributed by atoms with van der Waals surface area (Å²) in [6.45, 7) is 0.156. The molecule has 2 aromatic carbocycles. The molecular weight excluding hydrogens is 325 g/mol. The number of halogens is 1. The van der Waals surface area contributed by atoms with Gasteiger partial charge in [0.1, 0.15) is 17.0 Å². The van der Waals surface area contributed by atoms with Crippen molar-refractivity contribution in [2.45, 2.75) is 12.5 Å². The highest BCUT2D eigenvalue weighted by Gasteiger charge is 2.14. The first kappa shape index (κ1) is 16.9. The van der Waals surface area contributed by atoms with Crippen LogP contribution in [0.5, 0.6) is 0 Å². The summed E-state index contributed by atoms with van der Waals surface area (Å²) in [5.41, 5.74) is 0.168. The second-order valence-electron chi connectivity index (χ2n) is 5.60. The van der Waals surface area contributed by atoms with Crippen LogP contribution in [-0.2, 0) is 0 Å². The Morgan fingerprint density at radius 3 is 2.64 bits per heavy atom. The van der Waals surface area contributed by atoms with Gasteiger partial charge in [0.05, 0.1) is 6.10 Å². The molecule has 1 aromatic heterocycles. The van der Waals surface area contributed by atoms with Crippen LogP contribution in [0.3, 0.4) is 0 Å². The highest BCUT2D eigenvalue weighted by molar-refractivity contribution is 5.96. The standard InChI is InChI=1S/C19H16FNO4/c20-14-7-5-12(6-8-14)16(22)9-10-21-18(23)15-11-13-3-1-2-4-17(13)25-19(15)24/h1-8,11,16,22H,9-10H2,(H,21,23). The van der Waals surface area contributed by atoms with Crippen LogP contribution in [0.15, 0.2) is 63.8 Å². The van der Waals surface area contributed by atoms with Gasteiger partial charge in [0.15, 0.2) is 0 Å². The summed E-state index contributed by atoms with van der Waals surface area (Å²) < 4.78 is 18.0. The van der Waals surface area contributed by atoms with Crippen molar-refractivity contribution in [3.05, 3.63) is 82.0 Å². The molecule has 0 spiro atoms. The molecule has 5 nitrogen and oxygen atoms in total. The highest BCUT2D eigenvalue weighted by atomic mass is 19.1. The maximum absolute atomic E-state index is 12.9. The van der Waals surface area contributed by atoms with Crippen molar-refractivity contribution in [3.63, 3.8) is 0 Å². The van der Waals surface area contributed by atoms with E-state index in [2.05, 4.69) is 5.32 Å². The summed E-state index contributed by atoms with van der Waals surface area (Å²) >= 11 is 0. The Labute approximate surface area is 142 Å². The fraction of sp³-hybridized carbons (Fsp3) is 0.158. The number of carbonyl (C=O) groups excluding carboxylic acids is 1. The molecule has 0 aliphatic carbocycles. The van der Waals surface area contributed by atoms with Crippen molar-refractivity contribution < 1.29 is 18.7 Å². The fourth-order valence-electron chi connectivity index (χ4n) is 2.49. The largest absolute Gasteiger partial charge is 0.422 e. The van der Waals surface area contributed by atoms with Gasteiger partial charge in [-0.15, -0.1) is 0 Å². The Morgan fingerprint density at radius 1 is 1.16 bits per heavy atom. The molecule has 0 aliphatic rings. The number of hydrogen-bond acceptors (Lipinski definition) is 4. The van der Waals surface area contributed by atoms with Crippen molar-refractivity contribution in [2.24, 2.45) is 0 Å². The van der Waals surface area contributed by atoms with Gasteiger partial charge >= 0.3 is 5.63 Å². The topological polar surface area (TPSA) is 79.5 Å². The van der Waals surface area contributed by atoms with E-state index in [-0.39, 0.29) is 24.3 Å². The number of amides is 1. The lowest BCUT2D eigenvalue weighted by Gasteiger charge is -2.11. The normalized spacial score (nSPS) is 12.1. The van der Waals surface area contributed by atoms with Crippen LogP contribution in [0, 0.1) is 5.82 Å². The van der Waals surface area contributed by atoms with E-state index in [1.807, 2.05) is 0 Å². The zero-order valence-corrected chi connectivity index (χ0v) is 13.2. The summed E-state index contributed by atoms with van der Waals surface area (Å²) in [6.07, 6.45) is -0.607. The number of nitrogens with one attached hydrogen (secondary N) is 1. The van der Waals surface area contributed by atoms with Gasteiger partial charge in [-0.2, -0.15) is 0 Å². The number of fused-ring (bicyclic) bond motifs is 1. The number of carbonyl (C=O) groups is 1. The third-order valence-corrected chi connectivity index (χ3v) is 3.84. The zero-order valence-electron chi connectivity index (χ0n) is 13.2. The third kappa shape index (κ3) is 3.92. The van der Waals surface area contributed by atoms with E-state index in [1.165, 1.54) is 30.3 Å². The molecule has 0 radical (unpaired) electrons. The molecule has 6 heteroatoms. The second-order valence-corrected chi connectivity index (χ2v) is 5.60. The predicted molar refractivity (Wildman–Crippen MR) is 90.8 cm³/mol. The Morgan fingerprint density at radius 2 is 1.88 bits per heavy atom. The van der Waals surface area contributed by atoms with Crippen molar-refractivity contribution in [2.75, 3.05) is 6.54 Å². The second kappa shape index (κ2) is 7.27. The van der Waals surface area contributed by atoms with Crippen LogP contribution < -0.4 is 10.9 Å². The summed E-state index contributed by atoms with van der Waals surface area (Å²) in [4.78, 5) is 24.1. The van der Waals surface area contributed by atoms with Gasteiger partial charge in [-0.25, -0.2) is 9.18 Å². The van der Waals surface area contributed by atoms with Gasteiger partial charge in [-0.3, -0.25) is 4.79 Å². The van der Waals surface area contributed by atoms with E-state index >= 15 is 0 Å². The Hall–Kier alpha value is -2.99. The maximum Gasteiger partial charge on any atom is 0.349 e. The van der Waals surface area contributed by atoms with Crippen molar-refractivity contribution in [1.29, 1.82) is 0 Å². The smallest absolute Gasteiger partial charge is 0.349 e. The molecule has 0 saturated carbocycles. The van der Waals surface area contributed by atoms with Crippen LogP contribution in [0.25, 0.3) is 11.0 Å². The summed E-state index contributed by atoms with van der Waals surface area (Å²) in [5.74, 6) is -0.946. The number of benzene rings is 2. The summed E-state index contributed by atoms with van der Waals surface area (Å²) in [6, 6.07) is 13.9. The monoisotopic (exact) mass is 341 g/mol. The SMILES string of the molecule is O=C(NCCC(O)c1ccc(F)cc1)c1cc2ccccc2oc1=O. The first-order chi connectivity index (χ1) is 12.0. The molecule has 0 bridgehead atoms. The number of aliphatic hydroxyl groups excluding tert-OH is 1. The van der Waals surface area contributed by atoms with Gasteiger partial charge in [0, 0.05) is 11.9 Å². The van der Waals surface area contributed by atoms with Gasteiger partial charge in [-0.05, 0) is 36.2 Å². The molecule has 3 aromatic rings. The zero-order chi connectivity index (χ0) is 17.8. The fourth-order valence-corrected chi connectivity index (χ4v) is 2.49. The van der Waals surface area contributed by atoms with Crippen LogP contribution in [0.4, 0.5) is 4.39 Å². The Kier molecular flexibility index (Phi) is 4.90. The van der Waals surface area contributed by atoms with Gasteiger partial charge < -0.3 is 14.8 Å². The summed E-state index contributed by atoms with van der Waals surface area (Å²) in [7, 11) is 0. The lowest BCUT2D eigenvalue weighted by Crippen LogP contribution is -2.29. The molecule has 1 unspecified atom stereocenters. The van der Waals surface area contributed by atoms with Crippen LogP contribution in [-0.4, -0.2) is 17.6 Å². The molecule has 0 aliphatic heterocycles. The van der Waals surface area contributed by atoms with Gasteiger partial charge in [0.25, 0.3) is 5.91 Å². The molecule has 0 saturated heterocycles. The van der Waals surface area contributed by atoms with Gasteiger partial charge in [0.2, 0.25) is 0 Å². The Bertz CT molecular complexity index is 950. The third-order valence-electron chi connectivity index (χ3n) is 3.84. The molecule has 25 heavy (non-hydrogen) atoms. The molecule has 1 atom stereocenters. The van der Waals surface area contributed by atoms with Crippen molar-refractivity contribution >= 4 is 16.9 Å². The molecule has 2 N–H and O–H groups in total. The van der Waals surface area contributed by atoms with Gasteiger partial charge in [-0.1, -0.05) is 30.3 Å². The average Bonchev–Trinajstić information content (AvgIpc) is 2.61. The number of rotatable bonds is 5. The summed E-state index contributed by atoms with van der Waals surface area (Å²) in [5, 5.41) is 13.3. The van der Waals surface area contributed by atoms with Crippen molar-refractivity contribution in [3.8, 4) is 0 Å². The quantitative estimate of drug-likeness (QED) is 0.700. The minimum atomic E-state index is -0.839. The van der Waals surface area contributed by atoms with Crippen LogP contribution >= 0.6 is 0 Å². The van der Waals surface area contributed by atoms with Crippen LogP contribution in [0.2, 0.25) is 0 Å². The number of para-hydroxylation sites is 1. The minimum absolute atomic E-state index is 0.0880. The van der Waals surface area contributed by atoms with Crippen LogP contribution in [0.1, 0.15) is 28.4 Å². The van der Waals surface area contributed by atoms with Crippen molar-refractivity contribution in [1.82, 2.24) is 5.32 Å². The average molecular weight is 341 g/mol. The van der Waals surface area contributed by atoms with E-state index in [4.69, 9.17) is 4.42 Å². The highest BCUT2D eigenvalue weighted by Crippen LogP contribution is 2.16. The minimum Gasteiger partial charge on any atom is -0.422 e. The van der Waals surface area contributed by atoms with E-state index in [0.29, 0.717) is 16.5 Å². The first-order valence-electron chi connectivity index (χ1n) is 7.79. The predicted octanol–water partition coefficient (Wildman–Crippen LogP) is 2.79. The molecule has 1 amide bonds. The van der Waals surface area contributed by atoms with E-state index in [9.17, 15) is 19.1 Å². The molecular formula is C19H16FNO4. The molecule has 0 fully saturated rings. The number of aliphatic hydroxyl groups is 1.